The Kier molecular flexibility index (Phi) is 7.98. The third-order valence-electron chi connectivity index (χ3n) is 5.93. The average Bonchev–Trinajstić information content (AvgIpc) is 2.62. The van der Waals surface area contributed by atoms with Gasteiger partial charge in [0.25, 0.3) is 5.91 Å². The Morgan fingerprint density at radius 1 is 1.14 bits per heavy atom. The van der Waals surface area contributed by atoms with Crippen molar-refractivity contribution in [1.82, 2.24) is 5.32 Å². The van der Waals surface area contributed by atoms with E-state index in [9.17, 15) is 18.8 Å². The van der Waals surface area contributed by atoms with Crippen LogP contribution in [0.3, 0.4) is 0 Å². The summed E-state index contributed by atoms with van der Waals surface area (Å²) in [4.78, 5) is 35.6. The monoisotopic (exact) mass is 426 g/mol. The first-order valence-corrected chi connectivity index (χ1v) is 9.77. The first-order chi connectivity index (χ1) is 13.3. The van der Waals surface area contributed by atoms with E-state index in [1.54, 1.807) is 0 Å². The highest BCUT2D eigenvalue weighted by Gasteiger charge is 2.40. The SMILES string of the molecule is Cl.NC(=O)CCNC(=O)c1ccc(F)c(NC(=O)C2CC3CCCC(C2)C3N)c1. The van der Waals surface area contributed by atoms with Crippen molar-refractivity contribution in [2.75, 3.05) is 11.9 Å². The summed E-state index contributed by atoms with van der Waals surface area (Å²) in [6, 6.07) is 3.93. The molecule has 6 N–H and O–H groups in total. The summed E-state index contributed by atoms with van der Waals surface area (Å²) in [7, 11) is 0. The second-order valence-corrected chi connectivity index (χ2v) is 7.85. The van der Waals surface area contributed by atoms with Gasteiger partial charge in [-0.05, 0) is 55.7 Å². The molecule has 2 aliphatic rings. The van der Waals surface area contributed by atoms with E-state index in [-0.39, 0.29) is 54.5 Å². The van der Waals surface area contributed by atoms with Gasteiger partial charge in [0.1, 0.15) is 5.82 Å². The van der Waals surface area contributed by atoms with Crippen LogP contribution in [0.25, 0.3) is 0 Å². The lowest BCUT2D eigenvalue weighted by Crippen LogP contribution is -2.48. The second kappa shape index (κ2) is 10.0. The molecule has 2 saturated carbocycles. The summed E-state index contributed by atoms with van der Waals surface area (Å²) in [5.74, 6) is -1.32. The fourth-order valence-electron chi connectivity index (χ4n) is 4.40. The highest BCUT2D eigenvalue weighted by atomic mass is 35.5. The zero-order chi connectivity index (χ0) is 20.3. The van der Waals surface area contributed by atoms with Crippen LogP contribution in [-0.2, 0) is 9.59 Å². The molecule has 160 valence electrons. The molecule has 29 heavy (non-hydrogen) atoms. The number of benzene rings is 1. The molecule has 2 bridgehead atoms. The Morgan fingerprint density at radius 3 is 2.41 bits per heavy atom. The quantitative estimate of drug-likeness (QED) is 0.554. The maximum absolute atomic E-state index is 14.2. The Morgan fingerprint density at radius 2 is 1.79 bits per heavy atom. The van der Waals surface area contributed by atoms with Crippen molar-refractivity contribution < 1.29 is 18.8 Å². The lowest BCUT2D eigenvalue weighted by molar-refractivity contribution is -0.122. The van der Waals surface area contributed by atoms with Crippen molar-refractivity contribution >= 4 is 35.8 Å². The lowest BCUT2D eigenvalue weighted by Gasteiger charge is -2.43. The van der Waals surface area contributed by atoms with Gasteiger partial charge in [-0.25, -0.2) is 4.39 Å². The summed E-state index contributed by atoms with van der Waals surface area (Å²) >= 11 is 0. The van der Waals surface area contributed by atoms with E-state index >= 15 is 0 Å². The Bertz CT molecular complexity index is 762. The number of anilines is 1. The van der Waals surface area contributed by atoms with Gasteiger partial charge in [-0.2, -0.15) is 0 Å². The number of fused-ring (bicyclic) bond motifs is 2. The molecular formula is C20H28ClFN4O3. The smallest absolute Gasteiger partial charge is 0.251 e. The van der Waals surface area contributed by atoms with E-state index in [2.05, 4.69) is 10.6 Å². The number of rotatable bonds is 6. The lowest BCUT2D eigenvalue weighted by atomic mass is 9.65. The molecule has 3 rings (SSSR count). The largest absolute Gasteiger partial charge is 0.370 e. The van der Waals surface area contributed by atoms with Gasteiger partial charge in [-0.1, -0.05) is 6.42 Å². The number of nitrogens with one attached hydrogen (secondary N) is 2. The molecule has 0 spiro atoms. The van der Waals surface area contributed by atoms with E-state index in [1.165, 1.54) is 12.1 Å². The molecule has 0 heterocycles. The highest BCUT2D eigenvalue weighted by molar-refractivity contribution is 5.98. The summed E-state index contributed by atoms with van der Waals surface area (Å²) in [5.41, 5.74) is 11.5. The van der Waals surface area contributed by atoms with Gasteiger partial charge in [-0.15, -0.1) is 12.4 Å². The first-order valence-electron chi connectivity index (χ1n) is 9.77. The van der Waals surface area contributed by atoms with Crippen LogP contribution in [0.2, 0.25) is 0 Å². The molecule has 2 atom stereocenters. The van der Waals surface area contributed by atoms with Crippen molar-refractivity contribution in [3.63, 3.8) is 0 Å². The normalized spacial score (nSPS) is 25.4. The van der Waals surface area contributed by atoms with Crippen LogP contribution in [-0.4, -0.2) is 30.3 Å². The molecule has 0 aromatic heterocycles. The Hall–Kier alpha value is -2.19. The van der Waals surface area contributed by atoms with Gasteiger partial charge in [0, 0.05) is 30.5 Å². The van der Waals surface area contributed by atoms with Gasteiger partial charge in [0.2, 0.25) is 11.8 Å². The van der Waals surface area contributed by atoms with Gasteiger partial charge in [-0.3, -0.25) is 14.4 Å². The molecule has 3 amide bonds. The number of amides is 3. The summed E-state index contributed by atoms with van der Waals surface area (Å²) in [6.07, 6.45) is 4.69. The number of nitrogens with two attached hydrogens (primary N) is 2. The molecular weight excluding hydrogens is 399 g/mol. The summed E-state index contributed by atoms with van der Waals surface area (Å²) in [6.45, 7) is 0.0956. The molecule has 1 aromatic carbocycles. The zero-order valence-corrected chi connectivity index (χ0v) is 17.0. The van der Waals surface area contributed by atoms with Gasteiger partial charge in [0.15, 0.2) is 0 Å². The minimum Gasteiger partial charge on any atom is -0.370 e. The topological polar surface area (TPSA) is 127 Å². The third-order valence-corrected chi connectivity index (χ3v) is 5.93. The standard InChI is InChI=1S/C20H27FN4O3.ClH/c21-15-5-4-13(19(27)24-7-6-17(22)26)10-16(15)25-20(28)14-8-11-2-1-3-12(9-14)18(11)23;/h4-5,10-12,14,18H,1-3,6-9,23H2,(H2,22,26)(H,24,27)(H,25,28);1H. The maximum Gasteiger partial charge on any atom is 0.251 e. The van der Waals surface area contributed by atoms with Crippen LogP contribution in [0.15, 0.2) is 18.2 Å². The molecule has 0 aliphatic heterocycles. The van der Waals surface area contributed by atoms with Gasteiger partial charge < -0.3 is 22.1 Å². The average molecular weight is 427 g/mol. The Labute approximate surface area is 175 Å². The molecule has 1 aromatic rings. The molecule has 0 radical (unpaired) electrons. The second-order valence-electron chi connectivity index (χ2n) is 7.85. The number of primary amides is 1. The minimum absolute atomic E-state index is 0. The number of carbonyl (C=O) groups excluding carboxylic acids is 3. The molecule has 7 nitrogen and oxygen atoms in total. The van der Waals surface area contributed by atoms with Crippen molar-refractivity contribution in [2.24, 2.45) is 29.2 Å². The van der Waals surface area contributed by atoms with Crippen LogP contribution in [0.4, 0.5) is 10.1 Å². The van der Waals surface area contributed by atoms with Crippen LogP contribution in [0, 0.1) is 23.6 Å². The van der Waals surface area contributed by atoms with Crippen LogP contribution >= 0.6 is 12.4 Å². The zero-order valence-electron chi connectivity index (χ0n) is 16.2. The van der Waals surface area contributed by atoms with Crippen molar-refractivity contribution in [3.8, 4) is 0 Å². The van der Waals surface area contributed by atoms with E-state index in [4.69, 9.17) is 11.5 Å². The molecule has 2 unspecified atom stereocenters. The van der Waals surface area contributed by atoms with Crippen molar-refractivity contribution in [2.45, 2.75) is 44.6 Å². The summed E-state index contributed by atoms with van der Waals surface area (Å²) < 4.78 is 14.2. The van der Waals surface area contributed by atoms with Gasteiger partial charge >= 0.3 is 0 Å². The van der Waals surface area contributed by atoms with Crippen LogP contribution in [0.1, 0.15) is 48.9 Å². The van der Waals surface area contributed by atoms with E-state index in [0.29, 0.717) is 11.8 Å². The summed E-state index contributed by atoms with van der Waals surface area (Å²) in [5, 5.41) is 5.18. The highest BCUT2D eigenvalue weighted by Crippen LogP contribution is 2.42. The maximum atomic E-state index is 14.2. The predicted octanol–water partition coefficient (Wildman–Crippen LogP) is 1.94. The van der Waals surface area contributed by atoms with Crippen LogP contribution in [0.5, 0.6) is 0 Å². The van der Waals surface area contributed by atoms with Crippen molar-refractivity contribution in [3.05, 3.63) is 29.6 Å². The molecule has 0 saturated heterocycles. The fourth-order valence-corrected chi connectivity index (χ4v) is 4.40. The van der Waals surface area contributed by atoms with E-state index < -0.39 is 17.6 Å². The number of hydrogen-bond acceptors (Lipinski definition) is 4. The molecule has 2 fully saturated rings. The number of halogens is 2. The van der Waals surface area contributed by atoms with Crippen LogP contribution < -0.4 is 22.1 Å². The molecule has 2 aliphatic carbocycles. The fraction of sp³-hybridized carbons (Fsp3) is 0.550. The number of carbonyl (C=O) groups is 3. The van der Waals surface area contributed by atoms with E-state index in [1.807, 2.05) is 0 Å². The number of hydrogen-bond donors (Lipinski definition) is 4. The van der Waals surface area contributed by atoms with Crippen molar-refractivity contribution in [1.29, 1.82) is 0 Å². The van der Waals surface area contributed by atoms with E-state index in [0.717, 1.165) is 38.2 Å². The van der Waals surface area contributed by atoms with Gasteiger partial charge in [0.05, 0.1) is 5.69 Å². The first kappa shape index (κ1) is 23.1. The minimum atomic E-state index is -0.602. The molecule has 9 heteroatoms. The predicted molar refractivity (Wildman–Crippen MR) is 110 cm³/mol. The Balaban J connectivity index is 0.00000300. The third kappa shape index (κ3) is 5.67.